The van der Waals surface area contributed by atoms with Gasteiger partial charge in [-0.3, -0.25) is 10.1 Å². The van der Waals surface area contributed by atoms with Crippen molar-refractivity contribution in [1.82, 2.24) is 4.98 Å². The summed E-state index contributed by atoms with van der Waals surface area (Å²) < 4.78 is 25.7. The maximum absolute atomic E-state index is 12.9. The van der Waals surface area contributed by atoms with Crippen LogP contribution in [0.4, 0.5) is 14.5 Å². The molecule has 3 rings (SSSR count). The summed E-state index contributed by atoms with van der Waals surface area (Å²) in [5.74, 6) is -2.62. The van der Waals surface area contributed by atoms with Crippen LogP contribution in [0, 0.1) is 10.1 Å². The lowest BCUT2D eigenvalue weighted by Gasteiger charge is -2.11. The second-order valence-electron chi connectivity index (χ2n) is 4.67. The van der Waals surface area contributed by atoms with Gasteiger partial charge in [-0.2, -0.15) is 8.78 Å². The van der Waals surface area contributed by atoms with Crippen LogP contribution in [0.5, 0.6) is 0 Å². The largest absolute Gasteiger partial charge is 0.296 e. The molecule has 0 atom stereocenters. The fraction of sp³-hybridized carbons (Fsp3) is 0.0625. The molecule has 1 heterocycles. The summed E-state index contributed by atoms with van der Waals surface area (Å²) in [6.45, 7) is 0. The summed E-state index contributed by atoms with van der Waals surface area (Å²) in [7, 11) is 0. The predicted molar refractivity (Wildman–Crippen MR) is 85.7 cm³/mol. The van der Waals surface area contributed by atoms with Gasteiger partial charge in [0.2, 0.25) is 0 Å². The van der Waals surface area contributed by atoms with Gasteiger partial charge in [-0.15, -0.1) is 0 Å². The van der Waals surface area contributed by atoms with Gasteiger partial charge < -0.3 is 0 Å². The van der Waals surface area contributed by atoms with Gasteiger partial charge in [0.05, 0.1) is 16.0 Å². The van der Waals surface area contributed by atoms with E-state index in [4.69, 9.17) is 0 Å². The minimum atomic E-state index is -2.62. The summed E-state index contributed by atoms with van der Waals surface area (Å²) in [5.41, 5.74) is 1.14. The van der Waals surface area contributed by atoms with E-state index in [2.05, 4.69) is 4.98 Å². The number of hydrogen-bond donors (Lipinski definition) is 0. The molecule has 3 aromatic rings. The van der Waals surface area contributed by atoms with Crippen molar-refractivity contribution in [2.24, 2.45) is 0 Å². The first kappa shape index (κ1) is 15.4. The highest BCUT2D eigenvalue weighted by Crippen LogP contribution is 2.41. The maximum Gasteiger partial charge on any atom is 0.296 e. The zero-order valence-electron chi connectivity index (χ0n) is 11.6. The van der Waals surface area contributed by atoms with Gasteiger partial charge in [-0.1, -0.05) is 48.2 Å². The molecule has 0 saturated carbocycles. The molecule has 116 valence electrons. The maximum atomic E-state index is 12.9. The van der Waals surface area contributed by atoms with E-state index in [1.54, 1.807) is 42.5 Å². The van der Waals surface area contributed by atoms with E-state index in [1.807, 2.05) is 0 Å². The zero-order valence-corrected chi connectivity index (χ0v) is 12.5. The summed E-state index contributed by atoms with van der Waals surface area (Å²) in [4.78, 5) is 15.2. The van der Waals surface area contributed by atoms with Crippen molar-refractivity contribution in [3.05, 3.63) is 64.8 Å². The number of hydrogen-bond acceptors (Lipinski definition) is 4. The molecule has 0 amide bonds. The Labute approximate surface area is 134 Å². The number of aromatic nitrogens is 1. The number of nitro groups is 1. The van der Waals surface area contributed by atoms with Gasteiger partial charge >= 0.3 is 0 Å². The van der Waals surface area contributed by atoms with Crippen molar-refractivity contribution < 1.29 is 13.7 Å². The quantitative estimate of drug-likeness (QED) is 0.378. The summed E-state index contributed by atoms with van der Waals surface area (Å²) in [5, 5.41) is 11.8. The van der Waals surface area contributed by atoms with E-state index in [9.17, 15) is 18.9 Å². The molecule has 0 spiro atoms. The second-order valence-corrected chi connectivity index (χ2v) is 5.70. The summed E-state index contributed by atoms with van der Waals surface area (Å²) in [6, 6.07) is 13.5. The first-order valence-corrected chi connectivity index (χ1v) is 7.52. The van der Waals surface area contributed by atoms with Crippen LogP contribution in [0.25, 0.3) is 22.0 Å². The third kappa shape index (κ3) is 3.00. The van der Waals surface area contributed by atoms with Crippen LogP contribution in [-0.4, -0.2) is 15.7 Å². The van der Waals surface area contributed by atoms with Crippen LogP contribution in [0.3, 0.4) is 0 Å². The summed E-state index contributed by atoms with van der Waals surface area (Å²) >= 11 is 0.361. The Morgan fingerprint density at radius 2 is 1.83 bits per heavy atom. The molecule has 1 aromatic heterocycles. The van der Waals surface area contributed by atoms with Gasteiger partial charge in [0, 0.05) is 10.3 Å². The fourth-order valence-corrected chi connectivity index (χ4v) is 3.10. The number of halogens is 2. The zero-order chi connectivity index (χ0) is 16.4. The van der Waals surface area contributed by atoms with Crippen LogP contribution >= 0.6 is 11.8 Å². The van der Waals surface area contributed by atoms with Gasteiger partial charge in [0.1, 0.15) is 6.20 Å². The normalized spacial score (nSPS) is 11.1. The Hall–Kier alpha value is -2.54. The Morgan fingerprint density at radius 1 is 1.09 bits per heavy atom. The van der Waals surface area contributed by atoms with Crippen LogP contribution in [0.2, 0.25) is 0 Å². The van der Waals surface area contributed by atoms with Gasteiger partial charge in [0.25, 0.3) is 11.4 Å². The number of alkyl halides is 2. The molecule has 0 N–H and O–H groups in total. The SMILES string of the molecule is O=[N+]([O-])c1cnc2cccc(SC(F)F)c2c1-c1ccccc1. The first-order valence-electron chi connectivity index (χ1n) is 6.64. The van der Waals surface area contributed by atoms with E-state index in [1.165, 1.54) is 12.3 Å². The van der Waals surface area contributed by atoms with E-state index in [-0.39, 0.29) is 10.6 Å². The highest BCUT2D eigenvalue weighted by Gasteiger charge is 2.22. The van der Waals surface area contributed by atoms with Crippen molar-refractivity contribution in [2.45, 2.75) is 10.7 Å². The lowest BCUT2D eigenvalue weighted by molar-refractivity contribution is -0.384. The standard InChI is InChI=1S/C16H10F2N2O2S/c17-16(18)23-13-8-4-7-11-15(13)14(10-5-2-1-3-6-10)12(9-19-11)20(21)22/h1-9,16H. The smallest absolute Gasteiger partial charge is 0.258 e. The molecular weight excluding hydrogens is 322 g/mol. The third-order valence-electron chi connectivity index (χ3n) is 3.31. The number of benzene rings is 2. The molecule has 23 heavy (non-hydrogen) atoms. The number of nitrogens with zero attached hydrogens (tertiary/aromatic N) is 2. The third-order valence-corrected chi connectivity index (χ3v) is 4.08. The van der Waals surface area contributed by atoms with E-state index in [0.717, 1.165) is 0 Å². The highest BCUT2D eigenvalue weighted by molar-refractivity contribution is 7.99. The number of thioether (sulfide) groups is 1. The van der Waals surface area contributed by atoms with Crippen LogP contribution in [-0.2, 0) is 0 Å². The first-order chi connectivity index (χ1) is 11.1. The average molecular weight is 332 g/mol. The number of rotatable bonds is 4. The molecule has 0 aliphatic heterocycles. The van der Waals surface area contributed by atoms with Gasteiger partial charge in [-0.25, -0.2) is 4.98 Å². The molecule has 0 bridgehead atoms. The van der Waals surface area contributed by atoms with Crippen molar-refractivity contribution in [2.75, 3.05) is 0 Å². The fourth-order valence-electron chi connectivity index (χ4n) is 2.43. The minimum Gasteiger partial charge on any atom is -0.258 e. The van der Waals surface area contributed by atoms with Crippen molar-refractivity contribution in [3.63, 3.8) is 0 Å². The molecule has 0 fully saturated rings. The molecule has 7 heteroatoms. The Morgan fingerprint density at radius 3 is 2.48 bits per heavy atom. The Kier molecular flexibility index (Phi) is 4.20. The molecule has 0 aliphatic rings. The molecule has 0 radical (unpaired) electrons. The monoisotopic (exact) mass is 332 g/mol. The molecule has 0 saturated heterocycles. The lowest BCUT2D eigenvalue weighted by atomic mass is 9.99. The van der Waals surface area contributed by atoms with E-state index >= 15 is 0 Å². The van der Waals surface area contributed by atoms with Crippen LogP contribution in [0.15, 0.2) is 59.6 Å². The number of pyridine rings is 1. The summed E-state index contributed by atoms with van der Waals surface area (Å²) in [6.07, 6.45) is 1.17. The van der Waals surface area contributed by atoms with Crippen LogP contribution in [0.1, 0.15) is 0 Å². The van der Waals surface area contributed by atoms with Gasteiger partial charge in [-0.05, 0) is 17.7 Å². The van der Waals surface area contributed by atoms with Crippen molar-refractivity contribution in [1.29, 1.82) is 0 Å². The van der Waals surface area contributed by atoms with Crippen molar-refractivity contribution >= 4 is 28.4 Å². The minimum absolute atomic E-state index is 0.203. The predicted octanol–water partition coefficient (Wildman–Crippen LogP) is 5.12. The van der Waals surface area contributed by atoms with E-state index < -0.39 is 10.7 Å². The molecular formula is C16H10F2N2O2S. The lowest BCUT2D eigenvalue weighted by Crippen LogP contribution is -1.96. The average Bonchev–Trinajstić information content (AvgIpc) is 2.54. The highest BCUT2D eigenvalue weighted by atomic mass is 32.2. The topological polar surface area (TPSA) is 56.0 Å². The Bertz CT molecular complexity index is 873. The van der Waals surface area contributed by atoms with E-state index in [0.29, 0.717) is 33.8 Å². The molecule has 0 unspecified atom stereocenters. The molecule has 2 aromatic carbocycles. The molecule has 0 aliphatic carbocycles. The van der Waals surface area contributed by atoms with Gasteiger partial charge in [0.15, 0.2) is 0 Å². The van der Waals surface area contributed by atoms with Crippen molar-refractivity contribution in [3.8, 4) is 11.1 Å². The van der Waals surface area contributed by atoms with Crippen LogP contribution < -0.4 is 0 Å². The Balaban J connectivity index is 2.41. The number of fused-ring (bicyclic) bond motifs is 1. The molecule has 4 nitrogen and oxygen atoms in total. The second kappa shape index (κ2) is 6.29.